The second-order valence-corrected chi connectivity index (χ2v) is 8.46. The molecule has 3 aliphatic rings. The van der Waals surface area contributed by atoms with Crippen LogP contribution in [0, 0.1) is 5.41 Å². The van der Waals surface area contributed by atoms with E-state index in [1.165, 1.54) is 19.3 Å². The highest BCUT2D eigenvalue weighted by atomic mass is 35.5. The number of carbonyl (C=O) groups is 1. The molecule has 2 atom stereocenters. The van der Waals surface area contributed by atoms with E-state index in [9.17, 15) is 9.90 Å². The van der Waals surface area contributed by atoms with Crippen molar-refractivity contribution in [3.05, 3.63) is 17.5 Å². The number of likely N-dealkylation sites (tertiary alicyclic amines) is 1. The molecule has 1 spiro atoms. The van der Waals surface area contributed by atoms with Gasteiger partial charge >= 0.3 is 0 Å². The number of H-pyrrole nitrogens is 1. The van der Waals surface area contributed by atoms with Crippen molar-refractivity contribution in [2.24, 2.45) is 11.1 Å². The lowest BCUT2D eigenvalue weighted by Gasteiger charge is -2.56. The number of nitrogens with one attached hydrogen (secondary N) is 1. The number of nitrogens with two attached hydrogens (primary N) is 1. The molecule has 1 aromatic heterocycles. The first-order valence-corrected chi connectivity index (χ1v) is 10.5. The number of piperidine rings is 1. The van der Waals surface area contributed by atoms with E-state index in [4.69, 9.17) is 10.5 Å². The van der Waals surface area contributed by atoms with E-state index in [0.29, 0.717) is 38.6 Å². The van der Waals surface area contributed by atoms with Gasteiger partial charge in [-0.15, -0.1) is 12.4 Å². The van der Waals surface area contributed by atoms with Crippen molar-refractivity contribution < 1.29 is 14.6 Å². The maximum atomic E-state index is 13.1. The molecular formula is C20H33ClN4O3. The summed E-state index contributed by atoms with van der Waals surface area (Å²) in [5.41, 5.74) is 7.11. The first-order chi connectivity index (χ1) is 13.2. The highest BCUT2D eigenvalue weighted by molar-refractivity contribution is 5.95. The monoisotopic (exact) mass is 412 g/mol. The van der Waals surface area contributed by atoms with Crippen molar-refractivity contribution in [3.63, 3.8) is 0 Å². The zero-order chi connectivity index (χ0) is 18.9. The first-order valence-electron chi connectivity index (χ1n) is 10.5. The Kier molecular flexibility index (Phi) is 7.02. The summed E-state index contributed by atoms with van der Waals surface area (Å²) in [6.07, 6.45) is 9.70. The number of carbonyl (C=O) groups excluding carboxylic acids is 1. The van der Waals surface area contributed by atoms with E-state index in [1.807, 2.05) is 4.90 Å². The minimum atomic E-state index is -0.329. The molecule has 158 valence electrons. The smallest absolute Gasteiger partial charge is 0.257 e. The molecule has 8 heteroatoms. The standard InChI is InChI=1S/C20H32N4O3.ClH/c21-8-11-27-17-12-16(25)20(17)6-9-24(10-7-20)19(26)15-13-22-23-18(15)14-4-2-1-3-5-14;/h13-14,16-17,25H,1-12,21H2,(H,22,23);1H/t16-,17+;/m1./s1. The van der Waals surface area contributed by atoms with Gasteiger partial charge in [0.25, 0.3) is 5.91 Å². The maximum absolute atomic E-state index is 13.1. The van der Waals surface area contributed by atoms with Crippen LogP contribution in [0.4, 0.5) is 0 Å². The molecular weight excluding hydrogens is 380 g/mol. The fourth-order valence-corrected chi connectivity index (χ4v) is 5.29. The van der Waals surface area contributed by atoms with Gasteiger partial charge in [-0.2, -0.15) is 5.10 Å². The van der Waals surface area contributed by atoms with E-state index in [-0.39, 0.29) is 35.9 Å². The molecule has 4 N–H and O–H groups in total. The number of rotatable bonds is 5. The lowest BCUT2D eigenvalue weighted by Crippen LogP contribution is -2.63. The Balaban J connectivity index is 0.00000225. The van der Waals surface area contributed by atoms with Crippen LogP contribution in [0.1, 0.15) is 73.3 Å². The predicted molar refractivity (Wildman–Crippen MR) is 109 cm³/mol. The topological polar surface area (TPSA) is 104 Å². The summed E-state index contributed by atoms with van der Waals surface area (Å²) >= 11 is 0. The van der Waals surface area contributed by atoms with Gasteiger partial charge in [-0.1, -0.05) is 19.3 Å². The molecule has 2 heterocycles. The molecule has 1 aliphatic heterocycles. The van der Waals surface area contributed by atoms with Gasteiger partial charge in [-0.3, -0.25) is 9.89 Å². The van der Waals surface area contributed by atoms with Crippen molar-refractivity contribution in [1.29, 1.82) is 0 Å². The van der Waals surface area contributed by atoms with Crippen molar-refractivity contribution in [1.82, 2.24) is 15.1 Å². The van der Waals surface area contributed by atoms with Crippen molar-refractivity contribution in [3.8, 4) is 0 Å². The Labute approximate surface area is 172 Å². The molecule has 28 heavy (non-hydrogen) atoms. The van der Waals surface area contributed by atoms with Crippen LogP contribution < -0.4 is 5.73 Å². The first kappa shape index (κ1) is 21.6. The van der Waals surface area contributed by atoms with Crippen LogP contribution in [0.2, 0.25) is 0 Å². The van der Waals surface area contributed by atoms with Gasteiger partial charge in [0.1, 0.15) is 0 Å². The molecule has 0 unspecified atom stereocenters. The summed E-state index contributed by atoms with van der Waals surface area (Å²) in [6.45, 7) is 2.35. The third-order valence-corrected chi connectivity index (χ3v) is 7.07. The van der Waals surface area contributed by atoms with Crippen molar-refractivity contribution in [2.45, 2.75) is 69.5 Å². The molecule has 1 aromatic rings. The lowest BCUT2D eigenvalue weighted by atomic mass is 9.58. The number of ether oxygens (including phenoxy) is 1. The molecule has 2 saturated carbocycles. The average Bonchev–Trinajstić information content (AvgIpc) is 3.21. The molecule has 1 saturated heterocycles. The second-order valence-electron chi connectivity index (χ2n) is 8.46. The van der Waals surface area contributed by atoms with E-state index in [0.717, 1.165) is 36.9 Å². The van der Waals surface area contributed by atoms with Crippen LogP contribution in [0.25, 0.3) is 0 Å². The highest BCUT2D eigenvalue weighted by Gasteiger charge is 2.56. The van der Waals surface area contributed by atoms with Crippen molar-refractivity contribution >= 4 is 18.3 Å². The number of amides is 1. The normalized spacial score (nSPS) is 27.3. The predicted octanol–water partition coefficient (Wildman–Crippen LogP) is 2.21. The van der Waals surface area contributed by atoms with Crippen LogP contribution in [0.5, 0.6) is 0 Å². The molecule has 4 rings (SSSR count). The summed E-state index contributed by atoms with van der Waals surface area (Å²) in [5, 5.41) is 17.7. The molecule has 1 amide bonds. The number of halogens is 1. The summed E-state index contributed by atoms with van der Waals surface area (Å²) in [5.74, 6) is 0.506. The number of nitrogens with zero attached hydrogens (tertiary/aromatic N) is 2. The van der Waals surface area contributed by atoms with E-state index in [2.05, 4.69) is 10.2 Å². The van der Waals surface area contributed by atoms with Crippen LogP contribution in [0.15, 0.2) is 6.20 Å². The Morgan fingerprint density at radius 2 is 2.04 bits per heavy atom. The zero-order valence-corrected chi connectivity index (χ0v) is 17.3. The van der Waals surface area contributed by atoms with Gasteiger partial charge in [-0.05, 0) is 25.7 Å². The Morgan fingerprint density at radius 1 is 1.32 bits per heavy atom. The van der Waals surface area contributed by atoms with Crippen LogP contribution in [0.3, 0.4) is 0 Å². The quantitative estimate of drug-likeness (QED) is 0.687. The summed E-state index contributed by atoms with van der Waals surface area (Å²) in [4.78, 5) is 15.1. The molecule has 0 aromatic carbocycles. The van der Waals surface area contributed by atoms with E-state index in [1.54, 1.807) is 6.20 Å². The molecule has 3 fully saturated rings. The van der Waals surface area contributed by atoms with E-state index < -0.39 is 0 Å². The van der Waals surface area contributed by atoms with Gasteiger partial charge in [0.2, 0.25) is 0 Å². The number of hydrogen-bond acceptors (Lipinski definition) is 5. The summed E-state index contributed by atoms with van der Waals surface area (Å²) in [6, 6.07) is 0. The Hall–Kier alpha value is -1.15. The molecule has 0 radical (unpaired) electrons. The molecule has 7 nitrogen and oxygen atoms in total. The fraction of sp³-hybridized carbons (Fsp3) is 0.800. The van der Waals surface area contributed by atoms with Gasteiger partial charge in [-0.25, -0.2) is 0 Å². The van der Waals surface area contributed by atoms with E-state index >= 15 is 0 Å². The lowest BCUT2D eigenvalue weighted by molar-refractivity contribution is -0.207. The van der Waals surface area contributed by atoms with Gasteiger partial charge in [0, 0.05) is 37.4 Å². The number of aliphatic hydroxyl groups excluding tert-OH is 1. The fourth-order valence-electron chi connectivity index (χ4n) is 5.29. The SMILES string of the molecule is Cl.NCCO[C@H]1C[C@@H](O)C12CCN(C(=O)c1cn[nH]c1C1CCCCC1)CC2. The molecule has 0 bridgehead atoms. The number of aromatic nitrogens is 2. The van der Waals surface area contributed by atoms with Gasteiger partial charge in [0.05, 0.1) is 36.3 Å². The van der Waals surface area contributed by atoms with Gasteiger partial charge in [0.15, 0.2) is 0 Å². The second kappa shape index (κ2) is 9.11. The Morgan fingerprint density at radius 3 is 2.68 bits per heavy atom. The largest absolute Gasteiger partial charge is 0.392 e. The number of hydrogen-bond donors (Lipinski definition) is 3. The summed E-state index contributed by atoms with van der Waals surface area (Å²) < 4.78 is 5.85. The Bertz CT molecular complexity index is 654. The summed E-state index contributed by atoms with van der Waals surface area (Å²) in [7, 11) is 0. The zero-order valence-electron chi connectivity index (χ0n) is 16.4. The maximum Gasteiger partial charge on any atom is 0.257 e. The third kappa shape index (κ3) is 3.82. The van der Waals surface area contributed by atoms with Crippen molar-refractivity contribution in [2.75, 3.05) is 26.2 Å². The van der Waals surface area contributed by atoms with Crippen LogP contribution >= 0.6 is 12.4 Å². The third-order valence-electron chi connectivity index (χ3n) is 7.07. The number of aromatic amines is 1. The minimum absolute atomic E-state index is 0. The highest BCUT2D eigenvalue weighted by Crippen LogP contribution is 2.51. The average molecular weight is 413 g/mol. The molecule has 2 aliphatic carbocycles. The van der Waals surface area contributed by atoms with Gasteiger partial charge < -0.3 is 20.5 Å². The van der Waals surface area contributed by atoms with Crippen LogP contribution in [-0.4, -0.2) is 64.6 Å². The minimum Gasteiger partial charge on any atom is -0.392 e. The number of aliphatic hydroxyl groups is 1. The van der Waals surface area contributed by atoms with Crippen LogP contribution in [-0.2, 0) is 4.74 Å².